The molecule has 0 spiro atoms. The van der Waals surface area contributed by atoms with Gasteiger partial charge in [0.1, 0.15) is 12.4 Å². The van der Waals surface area contributed by atoms with Gasteiger partial charge in [0.2, 0.25) is 0 Å². The SMILES string of the molecule is CCCNC(COc1ccccc1)C1CCC(C)CC1. The lowest BCUT2D eigenvalue weighted by Gasteiger charge is -2.33. The average molecular weight is 275 g/mol. The van der Waals surface area contributed by atoms with Crippen LogP contribution in [0.15, 0.2) is 30.3 Å². The van der Waals surface area contributed by atoms with Gasteiger partial charge >= 0.3 is 0 Å². The van der Waals surface area contributed by atoms with Crippen molar-refractivity contribution in [1.82, 2.24) is 5.32 Å². The summed E-state index contributed by atoms with van der Waals surface area (Å²) in [5, 5.41) is 3.70. The molecule has 0 amide bonds. The van der Waals surface area contributed by atoms with Gasteiger partial charge in [-0.15, -0.1) is 0 Å². The summed E-state index contributed by atoms with van der Waals surface area (Å²) in [6.45, 7) is 6.49. The van der Waals surface area contributed by atoms with Crippen molar-refractivity contribution in [3.8, 4) is 5.75 Å². The molecular weight excluding hydrogens is 246 g/mol. The van der Waals surface area contributed by atoms with Crippen LogP contribution in [-0.2, 0) is 0 Å². The molecule has 1 unspecified atom stereocenters. The number of rotatable bonds is 7. The Kier molecular flexibility index (Phi) is 6.38. The van der Waals surface area contributed by atoms with Crippen LogP contribution in [0, 0.1) is 11.8 Å². The molecule has 1 atom stereocenters. The van der Waals surface area contributed by atoms with E-state index in [1.807, 2.05) is 30.3 Å². The van der Waals surface area contributed by atoms with Crippen molar-refractivity contribution in [1.29, 1.82) is 0 Å². The summed E-state index contributed by atoms with van der Waals surface area (Å²) in [7, 11) is 0. The maximum absolute atomic E-state index is 5.98. The second-order valence-electron chi connectivity index (χ2n) is 6.20. The summed E-state index contributed by atoms with van der Waals surface area (Å²) in [5.41, 5.74) is 0. The molecule has 0 bridgehead atoms. The fourth-order valence-electron chi connectivity index (χ4n) is 3.08. The molecule has 0 heterocycles. The first kappa shape index (κ1) is 15.4. The third-order valence-electron chi connectivity index (χ3n) is 4.46. The number of hydrogen-bond acceptors (Lipinski definition) is 2. The highest BCUT2D eigenvalue weighted by molar-refractivity contribution is 5.20. The highest BCUT2D eigenvalue weighted by atomic mass is 16.5. The van der Waals surface area contributed by atoms with E-state index in [9.17, 15) is 0 Å². The second kappa shape index (κ2) is 8.31. The van der Waals surface area contributed by atoms with E-state index in [0.29, 0.717) is 6.04 Å². The maximum Gasteiger partial charge on any atom is 0.119 e. The van der Waals surface area contributed by atoms with Crippen LogP contribution in [-0.4, -0.2) is 19.2 Å². The molecule has 20 heavy (non-hydrogen) atoms. The molecule has 2 nitrogen and oxygen atoms in total. The van der Waals surface area contributed by atoms with E-state index in [4.69, 9.17) is 4.74 Å². The summed E-state index contributed by atoms with van der Waals surface area (Å²) in [6, 6.07) is 10.7. The molecule has 1 aromatic rings. The van der Waals surface area contributed by atoms with Crippen molar-refractivity contribution >= 4 is 0 Å². The van der Waals surface area contributed by atoms with Gasteiger partial charge in [-0.05, 0) is 49.8 Å². The van der Waals surface area contributed by atoms with E-state index < -0.39 is 0 Å². The highest BCUT2D eigenvalue weighted by Gasteiger charge is 2.26. The fourth-order valence-corrected chi connectivity index (χ4v) is 3.08. The summed E-state index contributed by atoms with van der Waals surface area (Å²) in [6.07, 6.45) is 6.63. The Morgan fingerprint density at radius 2 is 1.85 bits per heavy atom. The minimum Gasteiger partial charge on any atom is -0.492 e. The van der Waals surface area contributed by atoms with E-state index in [2.05, 4.69) is 19.2 Å². The Labute approximate surface area is 123 Å². The third-order valence-corrected chi connectivity index (χ3v) is 4.46. The molecule has 0 saturated heterocycles. The molecule has 1 N–H and O–H groups in total. The summed E-state index contributed by atoms with van der Waals surface area (Å²) in [5.74, 6) is 2.68. The van der Waals surface area contributed by atoms with E-state index in [1.165, 1.54) is 32.1 Å². The number of para-hydroxylation sites is 1. The zero-order valence-corrected chi connectivity index (χ0v) is 13.0. The molecule has 0 aliphatic heterocycles. The van der Waals surface area contributed by atoms with Crippen molar-refractivity contribution in [2.24, 2.45) is 11.8 Å². The van der Waals surface area contributed by atoms with Crippen LogP contribution in [0.5, 0.6) is 5.75 Å². The lowest BCUT2D eigenvalue weighted by Crippen LogP contribution is -2.42. The van der Waals surface area contributed by atoms with Crippen LogP contribution < -0.4 is 10.1 Å². The van der Waals surface area contributed by atoms with Gasteiger partial charge in [-0.3, -0.25) is 0 Å². The van der Waals surface area contributed by atoms with E-state index in [0.717, 1.165) is 30.7 Å². The molecule has 0 aromatic heterocycles. The molecule has 112 valence electrons. The van der Waals surface area contributed by atoms with Crippen LogP contribution >= 0.6 is 0 Å². The van der Waals surface area contributed by atoms with Crippen molar-refractivity contribution in [3.63, 3.8) is 0 Å². The van der Waals surface area contributed by atoms with Crippen LogP contribution in [0.2, 0.25) is 0 Å². The topological polar surface area (TPSA) is 21.3 Å². The first-order valence-corrected chi connectivity index (χ1v) is 8.20. The summed E-state index contributed by atoms with van der Waals surface area (Å²) in [4.78, 5) is 0. The van der Waals surface area contributed by atoms with Gasteiger partial charge in [0.25, 0.3) is 0 Å². The van der Waals surface area contributed by atoms with Crippen molar-refractivity contribution < 1.29 is 4.74 Å². The van der Waals surface area contributed by atoms with Gasteiger partial charge in [0.05, 0.1) is 0 Å². The molecule has 1 aromatic carbocycles. The van der Waals surface area contributed by atoms with Gasteiger partial charge < -0.3 is 10.1 Å². The average Bonchev–Trinajstić information content (AvgIpc) is 2.50. The fraction of sp³-hybridized carbons (Fsp3) is 0.667. The molecule has 1 saturated carbocycles. The normalized spacial score (nSPS) is 24.3. The third kappa shape index (κ3) is 4.82. The van der Waals surface area contributed by atoms with Crippen LogP contribution in [0.4, 0.5) is 0 Å². The second-order valence-corrected chi connectivity index (χ2v) is 6.20. The van der Waals surface area contributed by atoms with Crippen LogP contribution in [0.1, 0.15) is 46.0 Å². The Morgan fingerprint density at radius 1 is 1.15 bits per heavy atom. The zero-order chi connectivity index (χ0) is 14.2. The minimum atomic E-state index is 0.502. The van der Waals surface area contributed by atoms with Gasteiger partial charge in [-0.25, -0.2) is 0 Å². The molecular formula is C18H29NO. The maximum atomic E-state index is 5.98. The molecule has 1 aliphatic rings. The Hall–Kier alpha value is -1.02. The number of nitrogens with one attached hydrogen (secondary N) is 1. The van der Waals surface area contributed by atoms with Crippen LogP contribution in [0.3, 0.4) is 0 Å². The monoisotopic (exact) mass is 275 g/mol. The van der Waals surface area contributed by atoms with Crippen LogP contribution in [0.25, 0.3) is 0 Å². The smallest absolute Gasteiger partial charge is 0.119 e. The molecule has 0 radical (unpaired) electrons. The molecule has 1 fully saturated rings. The van der Waals surface area contributed by atoms with Crippen molar-refractivity contribution in [2.45, 2.75) is 52.0 Å². The van der Waals surface area contributed by atoms with E-state index in [-0.39, 0.29) is 0 Å². The van der Waals surface area contributed by atoms with E-state index >= 15 is 0 Å². The molecule has 2 rings (SSSR count). The van der Waals surface area contributed by atoms with Crippen molar-refractivity contribution in [3.05, 3.63) is 30.3 Å². The largest absolute Gasteiger partial charge is 0.492 e. The van der Waals surface area contributed by atoms with Crippen molar-refractivity contribution in [2.75, 3.05) is 13.2 Å². The molecule has 2 heteroatoms. The Balaban J connectivity index is 1.86. The summed E-state index contributed by atoms with van der Waals surface area (Å²) < 4.78 is 5.98. The number of benzene rings is 1. The predicted molar refractivity (Wildman–Crippen MR) is 85.1 cm³/mol. The lowest BCUT2D eigenvalue weighted by molar-refractivity contribution is 0.170. The van der Waals surface area contributed by atoms with Gasteiger partial charge in [-0.2, -0.15) is 0 Å². The minimum absolute atomic E-state index is 0.502. The first-order valence-electron chi connectivity index (χ1n) is 8.20. The first-order chi connectivity index (χ1) is 9.79. The highest BCUT2D eigenvalue weighted by Crippen LogP contribution is 2.30. The Morgan fingerprint density at radius 3 is 2.50 bits per heavy atom. The number of hydrogen-bond donors (Lipinski definition) is 1. The van der Waals surface area contributed by atoms with Gasteiger partial charge in [0, 0.05) is 6.04 Å². The predicted octanol–water partition coefficient (Wildman–Crippen LogP) is 4.26. The summed E-state index contributed by atoms with van der Waals surface area (Å²) >= 11 is 0. The quantitative estimate of drug-likeness (QED) is 0.803. The zero-order valence-electron chi connectivity index (χ0n) is 13.0. The molecule has 1 aliphatic carbocycles. The van der Waals surface area contributed by atoms with Gasteiger partial charge in [0.15, 0.2) is 0 Å². The van der Waals surface area contributed by atoms with E-state index in [1.54, 1.807) is 0 Å². The Bertz CT molecular complexity index is 357. The number of ether oxygens (including phenoxy) is 1. The standard InChI is InChI=1S/C18H29NO/c1-3-13-19-18(16-11-9-15(2)10-12-16)14-20-17-7-5-4-6-8-17/h4-8,15-16,18-19H,3,9-14H2,1-2H3. The lowest BCUT2D eigenvalue weighted by atomic mass is 9.79. The van der Waals surface area contributed by atoms with Gasteiger partial charge in [-0.1, -0.05) is 44.9 Å².